The Bertz CT molecular complexity index is 768. The lowest BCUT2D eigenvalue weighted by atomic mass is 9.78. The number of pyridine rings is 1. The lowest BCUT2D eigenvalue weighted by Gasteiger charge is -2.36. The number of aliphatic hydroxyl groups excluding tert-OH is 1. The molecule has 0 spiro atoms. The van der Waals surface area contributed by atoms with Gasteiger partial charge in [-0.25, -0.2) is 15.0 Å². The summed E-state index contributed by atoms with van der Waals surface area (Å²) in [6.07, 6.45) is 5.69. The SMILES string of the molecule is OC1CCN(c2cc(C3CC(Nc4ncc(Cl)cc4Cl)C3)ncn2)C1. The summed E-state index contributed by atoms with van der Waals surface area (Å²) in [7, 11) is 0. The van der Waals surface area contributed by atoms with Gasteiger partial charge in [-0.05, 0) is 25.3 Å². The van der Waals surface area contributed by atoms with Crippen LogP contribution in [0, 0.1) is 0 Å². The van der Waals surface area contributed by atoms with Gasteiger partial charge in [-0.3, -0.25) is 0 Å². The van der Waals surface area contributed by atoms with E-state index in [1.165, 1.54) is 0 Å². The Balaban J connectivity index is 1.37. The highest BCUT2D eigenvalue weighted by Gasteiger charge is 2.32. The molecule has 2 aromatic rings. The highest BCUT2D eigenvalue weighted by molar-refractivity contribution is 6.35. The first-order chi connectivity index (χ1) is 12.1. The predicted octanol–water partition coefficient (Wildman–Crippen LogP) is 3.11. The summed E-state index contributed by atoms with van der Waals surface area (Å²) >= 11 is 12.0. The molecule has 8 heteroatoms. The fraction of sp³-hybridized carbons (Fsp3) is 0.471. The van der Waals surface area contributed by atoms with Gasteiger partial charge in [0.1, 0.15) is 18.0 Å². The number of aromatic nitrogens is 3. The first-order valence-corrected chi connectivity index (χ1v) is 9.16. The average Bonchev–Trinajstić information content (AvgIpc) is 2.99. The predicted molar refractivity (Wildman–Crippen MR) is 98.5 cm³/mol. The van der Waals surface area contributed by atoms with Gasteiger partial charge in [-0.15, -0.1) is 0 Å². The van der Waals surface area contributed by atoms with E-state index in [1.54, 1.807) is 18.6 Å². The van der Waals surface area contributed by atoms with Crippen LogP contribution in [0.2, 0.25) is 10.0 Å². The average molecular weight is 380 g/mol. The molecule has 2 N–H and O–H groups in total. The minimum absolute atomic E-state index is 0.257. The van der Waals surface area contributed by atoms with E-state index in [0.29, 0.717) is 34.4 Å². The summed E-state index contributed by atoms with van der Waals surface area (Å²) in [5, 5.41) is 14.1. The number of nitrogens with zero attached hydrogens (tertiary/aromatic N) is 4. The van der Waals surface area contributed by atoms with E-state index < -0.39 is 0 Å². The second kappa shape index (κ2) is 6.94. The van der Waals surface area contributed by atoms with E-state index >= 15 is 0 Å². The van der Waals surface area contributed by atoms with Crippen LogP contribution in [-0.4, -0.2) is 45.3 Å². The molecule has 0 aromatic carbocycles. The summed E-state index contributed by atoms with van der Waals surface area (Å²) in [6, 6.07) is 4.06. The van der Waals surface area contributed by atoms with E-state index in [0.717, 1.165) is 37.3 Å². The zero-order valence-corrected chi connectivity index (χ0v) is 15.1. The molecule has 1 unspecified atom stereocenters. The maximum absolute atomic E-state index is 9.69. The third-order valence-corrected chi connectivity index (χ3v) is 5.36. The molecule has 2 aromatic heterocycles. The van der Waals surface area contributed by atoms with E-state index in [2.05, 4.69) is 25.2 Å². The van der Waals surface area contributed by atoms with Crippen molar-refractivity contribution in [3.05, 3.63) is 40.4 Å². The number of anilines is 2. The minimum atomic E-state index is -0.257. The van der Waals surface area contributed by atoms with Gasteiger partial charge in [0, 0.05) is 43.0 Å². The smallest absolute Gasteiger partial charge is 0.145 e. The highest BCUT2D eigenvalue weighted by Crippen LogP contribution is 2.39. The van der Waals surface area contributed by atoms with Crippen molar-refractivity contribution >= 4 is 34.8 Å². The molecule has 1 saturated heterocycles. The fourth-order valence-corrected chi connectivity index (χ4v) is 3.83. The van der Waals surface area contributed by atoms with Crippen LogP contribution in [0.5, 0.6) is 0 Å². The maximum atomic E-state index is 9.69. The van der Waals surface area contributed by atoms with Gasteiger partial charge < -0.3 is 15.3 Å². The molecule has 4 rings (SSSR count). The van der Waals surface area contributed by atoms with Crippen LogP contribution in [-0.2, 0) is 0 Å². The summed E-state index contributed by atoms with van der Waals surface area (Å²) in [5.74, 6) is 1.97. The van der Waals surface area contributed by atoms with Crippen LogP contribution < -0.4 is 10.2 Å². The molecule has 0 bridgehead atoms. The zero-order chi connectivity index (χ0) is 17.4. The molecular weight excluding hydrogens is 361 g/mol. The third kappa shape index (κ3) is 3.66. The number of hydrogen-bond acceptors (Lipinski definition) is 6. The molecule has 132 valence electrons. The van der Waals surface area contributed by atoms with Crippen molar-refractivity contribution in [2.75, 3.05) is 23.3 Å². The van der Waals surface area contributed by atoms with Crippen LogP contribution >= 0.6 is 23.2 Å². The molecule has 1 aliphatic carbocycles. The minimum Gasteiger partial charge on any atom is -0.391 e. The number of nitrogens with one attached hydrogen (secondary N) is 1. The standard InChI is InChI=1S/C17H19Cl2N5O/c18-11-5-14(19)17(20-7-11)23-12-3-10(4-12)15-6-16(22-9-21-15)24-2-1-13(25)8-24/h5-7,9-10,12-13,25H,1-4,8H2,(H,20,23). The monoisotopic (exact) mass is 379 g/mol. The molecule has 1 aliphatic heterocycles. The van der Waals surface area contributed by atoms with E-state index in [9.17, 15) is 5.11 Å². The van der Waals surface area contributed by atoms with Crippen LogP contribution in [0.3, 0.4) is 0 Å². The van der Waals surface area contributed by atoms with E-state index in [-0.39, 0.29) is 6.10 Å². The first-order valence-electron chi connectivity index (χ1n) is 8.41. The van der Waals surface area contributed by atoms with Gasteiger partial charge in [-0.2, -0.15) is 0 Å². The van der Waals surface area contributed by atoms with Crippen LogP contribution in [0.15, 0.2) is 24.7 Å². The third-order valence-electron chi connectivity index (χ3n) is 4.87. The maximum Gasteiger partial charge on any atom is 0.145 e. The Labute approximate surface area is 156 Å². The summed E-state index contributed by atoms with van der Waals surface area (Å²) in [5.41, 5.74) is 1.06. The number of β-amino-alcohol motifs (C(OH)–C–C–N with tert-alkyl or cyclic N) is 1. The fourth-order valence-electron chi connectivity index (χ4n) is 3.40. The van der Waals surface area contributed by atoms with Gasteiger partial charge in [0.15, 0.2) is 0 Å². The van der Waals surface area contributed by atoms with Crippen molar-refractivity contribution in [1.82, 2.24) is 15.0 Å². The summed E-state index contributed by atoms with van der Waals surface area (Å²) in [6.45, 7) is 1.49. The van der Waals surface area contributed by atoms with Crippen molar-refractivity contribution in [3.63, 3.8) is 0 Å². The van der Waals surface area contributed by atoms with Crippen molar-refractivity contribution < 1.29 is 5.11 Å². The van der Waals surface area contributed by atoms with Gasteiger partial charge >= 0.3 is 0 Å². The number of hydrogen-bond donors (Lipinski definition) is 2. The zero-order valence-electron chi connectivity index (χ0n) is 13.6. The molecule has 0 radical (unpaired) electrons. The Kier molecular flexibility index (Phi) is 4.67. The summed E-state index contributed by atoms with van der Waals surface area (Å²) < 4.78 is 0. The van der Waals surface area contributed by atoms with Crippen molar-refractivity contribution in [2.45, 2.75) is 37.3 Å². The molecule has 0 amide bonds. The van der Waals surface area contributed by atoms with Crippen molar-refractivity contribution in [3.8, 4) is 0 Å². The molecule has 2 fully saturated rings. The number of rotatable bonds is 4. The second-order valence-corrected chi connectivity index (χ2v) is 7.53. The van der Waals surface area contributed by atoms with Crippen LogP contribution in [0.4, 0.5) is 11.6 Å². The molecule has 1 atom stereocenters. The van der Waals surface area contributed by atoms with E-state index in [4.69, 9.17) is 23.2 Å². The molecule has 3 heterocycles. The molecule has 25 heavy (non-hydrogen) atoms. The van der Waals surface area contributed by atoms with Crippen molar-refractivity contribution in [2.24, 2.45) is 0 Å². The second-order valence-electron chi connectivity index (χ2n) is 6.68. The van der Waals surface area contributed by atoms with E-state index in [1.807, 2.05) is 6.07 Å². The number of aliphatic hydroxyl groups is 1. The van der Waals surface area contributed by atoms with Gasteiger partial charge in [0.05, 0.1) is 16.1 Å². The largest absolute Gasteiger partial charge is 0.391 e. The lowest BCUT2D eigenvalue weighted by Crippen LogP contribution is -2.35. The Morgan fingerprint density at radius 1 is 1.16 bits per heavy atom. The Morgan fingerprint density at radius 2 is 2.00 bits per heavy atom. The van der Waals surface area contributed by atoms with Gasteiger partial charge in [-0.1, -0.05) is 23.2 Å². The van der Waals surface area contributed by atoms with Gasteiger partial charge in [0.25, 0.3) is 0 Å². The molecule has 6 nitrogen and oxygen atoms in total. The lowest BCUT2D eigenvalue weighted by molar-refractivity contribution is 0.198. The van der Waals surface area contributed by atoms with Crippen LogP contribution in [0.1, 0.15) is 30.9 Å². The highest BCUT2D eigenvalue weighted by atomic mass is 35.5. The molecular formula is C17H19Cl2N5O. The van der Waals surface area contributed by atoms with Crippen molar-refractivity contribution in [1.29, 1.82) is 0 Å². The van der Waals surface area contributed by atoms with Gasteiger partial charge in [0.2, 0.25) is 0 Å². The quantitative estimate of drug-likeness (QED) is 0.849. The Hall–Kier alpha value is -1.63. The first kappa shape index (κ1) is 16.8. The van der Waals surface area contributed by atoms with Crippen LogP contribution in [0.25, 0.3) is 0 Å². The normalized spacial score (nSPS) is 25.7. The molecule has 2 aliphatic rings. The summed E-state index contributed by atoms with van der Waals surface area (Å²) in [4.78, 5) is 15.1. The number of halogens is 2. The molecule has 1 saturated carbocycles. The Morgan fingerprint density at radius 3 is 2.72 bits per heavy atom. The topological polar surface area (TPSA) is 74.2 Å².